The molecular formula is C22H32FNO2. The highest BCUT2D eigenvalue weighted by Gasteiger charge is 2.36. The first-order valence-electron chi connectivity index (χ1n) is 10.2. The summed E-state index contributed by atoms with van der Waals surface area (Å²) in [5, 5.41) is 8.38. The summed E-state index contributed by atoms with van der Waals surface area (Å²) >= 11 is 0. The SMILES string of the molecule is CC[C@]1(CC/C=C/C=C(F)C#N)CC[C@@H](C(=O)OC2CCCCC2)CC1. The number of rotatable bonds is 7. The van der Waals surface area contributed by atoms with Gasteiger partial charge in [0.25, 0.3) is 0 Å². The van der Waals surface area contributed by atoms with Gasteiger partial charge in [-0.2, -0.15) is 9.65 Å². The zero-order valence-corrected chi connectivity index (χ0v) is 16.0. The summed E-state index contributed by atoms with van der Waals surface area (Å²) < 4.78 is 18.5. The summed E-state index contributed by atoms with van der Waals surface area (Å²) in [5.74, 6) is -0.665. The zero-order chi connectivity index (χ0) is 18.8. The Morgan fingerprint density at radius 1 is 1.23 bits per heavy atom. The number of nitriles is 1. The van der Waals surface area contributed by atoms with Crippen molar-refractivity contribution >= 4 is 5.97 Å². The van der Waals surface area contributed by atoms with Gasteiger partial charge in [-0.1, -0.05) is 31.9 Å². The van der Waals surface area contributed by atoms with E-state index in [4.69, 9.17) is 10.00 Å². The van der Waals surface area contributed by atoms with E-state index in [2.05, 4.69) is 6.92 Å². The molecule has 0 atom stereocenters. The first kappa shape index (κ1) is 20.7. The summed E-state index contributed by atoms with van der Waals surface area (Å²) in [7, 11) is 0. The quantitative estimate of drug-likeness (QED) is 0.310. The number of ether oxygens (including phenoxy) is 1. The van der Waals surface area contributed by atoms with Crippen LogP contribution in [0.3, 0.4) is 0 Å². The molecule has 2 aliphatic carbocycles. The molecule has 0 spiro atoms. The van der Waals surface area contributed by atoms with Gasteiger partial charge in [-0.25, -0.2) is 0 Å². The average molecular weight is 362 g/mol. The van der Waals surface area contributed by atoms with Crippen LogP contribution in [0, 0.1) is 22.7 Å². The number of halogens is 1. The van der Waals surface area contributed by atoms with Gasteiger partial charge >= 0.3 is 5.97 Å². The smallest absolute Gasteiger partial charge is 0.309 e. The van der Waals surface area contributed by atoms with Gasteiger partial charge in [0.15, 0.2) is 5.83 Å². The molecule has 144 valence electrons. The second-order valence-electron chi connectivity index (χ2n) is 7.92. The second kappa shape index (κ2) is 10.5. The van der Waals surface area contributed by atoms with E-state index in [1.54, 1.807) is 6.08 Å². The molecule has 0 N–H and O–H groups in total. The third-order valence-corrected chi connectivity index (χ3v) is 6.29. The predicted molar refractivity (Wildman–Crippen MR) is 101 cm³/mol. The lowest BCUT2D eigenvalue weighted by atomic mass is 9.66. The van der Waals surface area contributed by atoms with E-state index in [9.17, 15) is 9.18 Å². The van der Waals surface area contributed by atoms with E-state index >= 15 is 0 Å². The Bertz CT molecular complexity index is 547. The molecule has 2 fully saturated rings. The van der Waals surface area contributed by atoms with E-state index in [1.807, 2.05) is 6.08 Å². The van der Waals surface area contributed by atoms with Crippen LogP contribution in [0.15, 0.2) is 24.1 Å². The minimum Gasteiger partial charge on any atom is -0.462 e. The third kappa shape index (κ3) is 6.27. The molecule has 0 aromatic carbocycles. The maximum atomic E-state index is 12.7. The van der Waals surface area contributed by atoms with Crippen LogP contribution in [0.1, 0.15) is 84.0 Å². The molecule has 0 aliphatic heterocycles. The van der Waals surface area contributed by atoms with E-state index in [0.717, 1.165) is 57.8 Å². The Morgan fingerprint density at radius 2 is 1.92 bits per heavy atom. The normalized spacial score (nSPS) is 28.0. The van der Waals surface area contributed by atoms with Gasteiger partial charge in [0.1, 0.15) is 12.2 Å². The summed E-state index contributed by atoms with van der Waals surface area (Å²) in [6, 6.07) is 1.47. The van der Waals surface area contributed by atoms with Crippen molar-refractivity contribution in [3.63, 3.8) is 0 Å². The maximum absolute atomic E-state index is 12.7. The highest BCUT2D eigenvalue weighted by atomic mass is 19.1. The molecule has 4 heteroatoms. The van der Waals surface area contributed by atoms with Crippen LogP contribution < -0.4 is 0 Å². The molecule has 26 heavy (non-hydrogen) atoms. The lowest BCUT2D eigenvalue weighted by Crippen LogP contribution is -2.33. The van der Waals surface area contributed by atoms with E-state index < -0.39 is 5.83 Å². The Labute approximate surface area is 157 Å². The first-order chi connectivity index (χ1) is 12.6. The largest absolute Gasteiger partial charge is 0.462 e. The van der Waals surface area contributed by atoms with Crippen molar-refractivity contribution in [1.82, 2.24) is 0 Å². The van der Waals surface area contributed by atoms with Gasteiger partial charge in [-0.3, -0.25) is 4.79 Å². The lowest BCUT2D eigenvalue weighted by Gasteiger charge is -2.39. The molecule has 2 saturated carbocycles. The number of allylic oxidation sites excluding steroid dienone is 4. The number of carbonyl (C=O) groups excluding carboxylic acids is 1. The fraction of sp³-hybridized carbons (Fsp3) is 0.727. The monoisotopic (exact) mass is 361 g/mol. The molecule has 2 rings (SSSR count). The van der Waals surface area contributed by atoms with Crippen LogP contribution in [-0.2, 0) is 9.53 Å². The minimum absolute atomic E-state index is 0.0265. The number of nitrogens with zero attached hydrogens (tertiary/aromatic N) is 1. The Kier molecular flexibility index (Phi) is 8.35. The average Bonchev–Trinajstić information content (AvgIpc) is 2.68. The fourth-order valence-electron chi connectivity index (χ4n) is 4.37. The third-order valence-electron chi connectivity index (χ3n) is 6.29. The summed E-state index contributed by atoms with van der Waals surface area (Å²) in [6.45, 7) is 2.22. The van der Waals surface area contributed by atoms with Crippen LogP contribution >= 0.6 is 0 Å². The minimum atomic E-state index is -0.761. The zero-order valence-electron chi connectivity index (χ0n) is 16.0. The molecular weight excluding hydrogens is 329 g/mol. The van der Waals surface area contributed by atoms with E-state index in [0.29, 0.717) is 0 Å². The highest BCUT2D eigenvalue weighted by molar-refractivity contribution is 5.72. The van der Waals surface area contributed by atoms with Gasteiger partial charge in [0.05, 0.1) is 5.92 Å². The molecule has 0 aromatic rings. The Morgan fingerprint density at radius 3 is 2.54 bits per heavy atom. The van der Waals surface area contributed by atoms with Crippen LogP contribution in [0.4, 0.5) is 4.39 Å². The van der Waals surface area contributed by atoms with Gasteiger partial charge < -0.3 is 4.74 Å². The topological polar surface area (TPSA) is 50.1 Å². The summed E-state index contributed by atoms with van der Waals surface area (Å²) in [5.41, 5.74) is 0.281. The Hall–Kier alpha value is -1.63. The standard InChI is InChI=1S/C22H32FNO2/c1-2-22(14-8-4-5-9-19(23)17-24)15-12-18(13-16-22)21(25)26-20-10-6-3-7-11-20/h4-5,9,18,20H,2-3,6-8,10-16H2,1H3/b5-4+,19-9?/t18-,22+. The molecule has 2 aliphatic rings. The Balaban J connectivity index is 1.76. The van der Waals surface area contributed by atoms with Crippen LogP contribution in [0.25, 0.3) is 0 Å². The maximum Gasteiger partial charge on any atom is 0.309 e. The van der Waals surface area contributed by atoms with Crippen molar-refractivity contribution < 1.29 is 13.9 Å². The summed E-state index contributed by atoms with van der Waals surface area (Å²) in [6.07, 6.45) is 17.6. The van der Waals surface area contributed by atoms with Gasteiger partial charge in [0, 0.05) is 0 Å². The van der Waals surface area contributed by atoms with Crippen molar-refractivity contribution in [3.8, 4) is 6.07 Å². The number of carbonyl (C=O) groups is 1. The van der Waals surface area contributed by atoms with Crippen molar-refractivity contribution in [2.24, 2.45) is 11.3 Å². The molecule has 0 heterocycles. The molecule has 0 aromatic heterocycles. The molecule has 0 radical (unpaired) electrons. The molecule has 0 amide bonds. The van der Waals surface area contributed by atoms with Crippen molar-refractivity contribution in [2.45, 2.75) is 90.1 Å². The fourth-order valence-corrected chi connectivity index (χ4v) is 4.37. The first-order valence-corrected chi connectivity index (χ1v) is 10.2. The molecule has 0 bridgehead atoms. The van der Waals surface area contributed by atoms with Gasteiger partial charge in [-0.05, 0) is 75.7 Å². The predicted octanol–water partition coefficient (Wildman–Crippen LogP) is 6.16. The van der Waals surface area contributed by atoms with Crippen LogP contribution in [0.2, 0.25) is 0 Å². The molecule has 0 saturated heterocycles. The molecule has 3 nitrogen and oxygen atoms in total. The van der Waals surface area contributed by atoms with Gasteiger partial charge in [-0.15, -0.1) is 0 Å². The van der Waals surface area contributed by atoms with E-state index in [-0.39, 0.29) is 23.4 Å². The number of esters is 1. The highest BCUT2D eigenvalue weighted by Crippen LogP contribution is 2.45. The van der Waals surface area contributed by atoms with Crippen LogP contribution in [0.5, 0.6) is 0 Å². The molecule has 0 unspecified atom stereocenters. The van der Waals surface area contributed by atoms with Crippen LogP contribution in [-0.4, -0.2) is 12.1 Å². The number of hydrogen-bond donors (Lipinski definition) is 0. The lowest BCUT2D eigenvalue weighted by molar-refractivity contribution is -0.157. The summed E-state index contributed by atoms with van der Waals surface area (Å²) in [4.78, 5) is 12.5. The number of hydrogen-bond acceptors (Lipinski definition) is 3. The van der Waals surface area contributed by atoms with Crippen molar-refractivity contribution in [3.05, 3.63) is 24.1 Å². The van der Waals surface area contributed by atoms with Crippen molar-refractivity contribution in [1.29, 1.82) is 5.26 Å². The van der Waals surface area contributed by atoms with Crippen molar-refractivity contribution in [2.75, 3.05) is 0 Å². The van der Waals surface area contributed by atoms with E-state index in [1.165, 1.54) is 31.4 Å². The van der Waals surface area contributed by atoms with Gasteiger partial charge in [0.2, 0.25) is 0 Å². The second-order valence-corrected chi connectivity index (χ2v) is 7.92.